The van der Waals surface area contributed by atoms with Crippen LogP contribution < -0.4 is 10.6 Å². The van der Waals surface area contributed by atoms with Crippen LogP contribution in [-0.2, 0) is 6.42 Å². The molecule has 138 valence electrons. The molecule has 1 heterocycles. The largest absolute Gasteiger partial charge is 0.361 e. The van der Waals surface area contributed by atoms with Crippen LogP contribution >= 0.6 is 0 Å². The molecule has 6 heteroatoms. The van der Waals surface area contributed by atoms with Crippen LogP contribution in [0, 0.1) is 5.82 Å². The molecular weight excluding hydrogens is 317 g/mol. The van der Waals surface area contributed by atoms with Crippen molar-refractivity contribution in [3.05, 3.63) is 35.8 Å². The summed E-state index contributed by atoms with van der Waals surface area (Å²) in [6, 6.07) is 5.28. The third kappa shape index (κ3) is 5.19. The number of rotatable bonds is 8. The van der Waals surface area contributed by atoms with E-state index in [-0.39, 0.29) is 5.82 Å². The molecule has 0 aliphatic rings. The van der Waals surface area contributed by atoms with Gasteiger partial charge < -0.3 is 15.6 Å². The van der Waals surface area contributed by atoms with Crippen molar-refractivity contribution in [2.24, 2.45) is 4.99 Å². The highest BCUT2D eigenvalue weighted by Gasteiger charge is 2.10. The molecule has 2 rings (SSSR count). The zero-order chi connectivity index (χ0) is 18.2. The molecule has 0 spiro atoms. The lowest BCUT2D eigenvalue weighted by molar-refractivity contribution is 0.231. The molecule has 1 aromatic heterocycles. The van der Waals surface area contributed by atoms with Crippen molar-refractivity contribution in [2.45, 2.75) is 33.2 Å². The average Bonchev–Trinajstić information content (AvgIpc) is 3.01. The van der Waals surface area contributed by atoms with E-state index in [4.69, 9.17) is 0 Å². The standard InChI is InChI=1S/C19H30FN5/c1-5-25(6-2)14(3)12-24-19(21-4)22-10-9-15-13-23-18-8-7-16(20)11-17(15)18/h7-8,11,13-14,23H,5-6,9-10,12H2,1-4H3,(H2,21,22,24). The van der Waals surface area contributed by atoms with Crippen LogP contribution in [0.5, 0.6) is 0 Å². The molecule has 0 radical (unpaired) electrons. The Labute approximate surface area is 149 Å². The average molecular weight is 347 g/mol. The van der Waals surface area contributed by atoms with E-state index in [1.165, 1.54) is 6.07 Å². The molecular formula is C19H30FN5. The number of benzene rings is 1. The molecule has 25 heavy (non-hydrogen) atoms. The quantitative estimate of drug-likeness (QED) is 0.508. The predicted molar refractivity (Wildman–Crippen MR) is 104 cm³/mol. The number of nitrogens with zero attached hydrogens (tertiary/aromatic N) is 2. The predicted octanol–water partition coefficient (Wildman–Crippen LogP) is 2.74. The fraction of sp³-hybridized carbons (Fsp3) is 0.526. The molecule has 5 nitrogen and oxygen atoms in total. The lowest BCUT2D eigenvalue weighted by Crippen LogP contribution is -2.46. The molecule has 3 N–H and O–H groups in total. The molecule has 0 amide bonds. The fourth-order valence-corrected chi connectivity index (χ4v) is 3.11. The number of hydrogen-bond acceptors (Lipinski definition) is 2. The molecule has 1 unspecified atom stereocenters. The van der Waals surface area contributed by atoms with Crippen molar-refractivity contribution in [1.82, 2.24) is 20.5 Å². The van der Waals surface area contributed by atoms with Crippen molar-refractivity contribution in [1.29, 1.82) is 0 Å². The maximum Gasteiger partial charge on any atom is 0.191 e. The van der Waals surface area contributed by atoms with Crippen molar-refractivity contribution >= 4 is 16.9 Å². The maximum atomic E-state index is 13.4. The van der Waals surface area contributed by atoms with Gasteiger partial charge in [-0.15, -0.1) is 0 Å². The Hall–Kier alpha value is -2.08. The van der Waals surface area contributed by atoms with Gasteiger partial charge in [-0.1, -0.05) is 13.8 Å². The highest BCUT2D eigenvalue weighted by Crippen LogP contribution is 2.19. The minimum atomic E-state index is -0.204. The summed E-state index contributed by atoms with van der Waals surface area (Å²) in [6.07, 6.45) is 2.75. The smallest absolute Gasteiger partial charge is 0.191 e. The Morgan fingerprint density at radius 1 is 1.28 bits per heavy atom. The fourth-order valence-electron chi connectivity index (χ4n) is 3.11. The number of fused-ring (bicyclic) bond motifs is 1. The van der Waals surface area contributed by atoms with Crippen LogP contribution in [0.2, 0.25) is 0 Å². The molecule has 1 aromatic carbocycles. The first-order valence-electron chi connectivity index (χ1n) is 9.03. The van der Waals surface area contributed by atoms with E-state index in [0.717, 1.165) is 55.0 Å². The lowest BCUT2D eigenvalue weighted by atomic mass is 10.1. The summed E-state index contributed by atoms with van der Waals surface area (Å²) >= 11 is 0. The number of likely N-dealkylation sites (N-methyl/N-ethyl adjacent to an activating group) is 1. The maximum absolute atomic E-state index is 13.4. The molecule has 0 fully saturated rings. The second-order valence-corrected chi connectivity index (χ2v) is 6.20. The number of guanidine groups is 1. The number of halogens is 1. The lowest BCUT2D eigenvalue weighted by Gasteiger charge is -2.27. The van der Waals surface area contributed by atoms with Gasteiger partial charge in [0.1, 0.15) is 5.82 Å². The van der Waals surface area contributed by atoms with Crippen molar-refractivity contribution < 1.29 is 4.39 Å². The number of aliphatic imine (C=N–C) groups is 1. The van der Waals surface area contributed by atoms with Gasteiger partial charge in [-0.2, -0.15) is 0 Å². The van der Waals surface area contributed by atoms with Gasteiger partial charge in [0.05, 0.1) is 0 Å². The van der Waals surface area contributed by atoms with Crippen LogP contribution in [0.25, 0.3) is 10.9 Å². The van der Waals surface area contributed by atoms with Gasteiger partial charge in [-0.3, -0.25) is 9.89 Å². The van der Waals surface area contributed by atoms with Gasteiger partial charge in [-0.25, -0.2) is 4.39 Å². The van der Waals surface area contributed by atoms with E-state index in [9.17, 15) is 4.39 Å². The van der Waals surface area contributed by atoms with E-state index in [2.05, 4.69) is 46.3 Å². The van der Waals surface area contributed by atoms with Gasteiger partial charge in [0.25, 0.3) is 0 Å². The van der Waals surface area contributed by atoms with Crippen molar-refractivity contribution in [3.63, 3.8) is 0 Å². The van der Waals surface area contributed by atoms with E-state index in [0.29, 0.717) is 6.04 Å². The third-order valence-corrected chi connectivity index (χ3v) is 4.64. The highest BCUT2D eigenvalue weighted by molar-refractivity contribution is 5.83. The first kappa shape index (κ1) is 19.2. The van der Waals surface area contributed by atoms with E-state index in [1.54, 1.807) is 19.2 Å². The topological polar surface area (TPSA) is 55.4 Å². The summed E-state index contributed by atoms with van der Waals surface area (Å²) in [4.78, 5) is 9.86. The van der Waals surface area contributed by atoms with Crippen molar-refractivity contribution in [3.8, 4) is 0 Å². The Morgan fingerprint density at radius 2 is 2.04 bits per heavy atom. The summed E-state index contributed by atoms with van der Waals surface area (Å²) in [5.41, 5.74) is 2.07. The number of aromatic amines is 1. The minimum absolute atomic E-state index is 0.204. The first-order valence-corrected chi connectivity index (χ1v) is 9.03. The Bertz CT molecular complexity index is 690. The Balaban J connectivity index is 1.83. The summed E-state index contributed by atoms with van der Waals surface area (Å²) in [5.74, 6) is 0.592. The normalized spacial score (nSPS) is 13.4. The van der Waals surface area contributed by atoms with Gasteiger partial charge in [0.2, 0.25) is 0 Å². The number of nitrogens with one attached hydrogen (secondary N) is 3. The number of hydrogen-bond donors (Lipinski definition) is 3. The molecule has 0 bridgehead atoms. The zero-order valence-corrected chi connectivity index (χ0v) is 15.7. The zero-order valence-electron chi connectivity index (χ0n) is 15.7. The first-order chi connectivity index (χ1) is 12.1. The van der Waals surface area contributed by atoms with Crippen LogP contribution in [0.15, 0.2) is 29.4 Å². The number of H-pyrrole nitrogens is 1. The monoisotopic (exact) mass is 347 g/mol. The highest BCUT2D eigenvalue weighted by atomic mass is 19.1. The SMILES string of the molecule is CCN(CC)C(C)CNC(=NC)NCCc1c[nH]c2ccc(F)cc12. The van der Waals surface area contributed by atoms with E-state index in [1.807, 2.05) is 6.20 Å². The molecule has 0 saturated carbocycles. The van der Waals surface area contributed by atoms with Crippen LogP contribution in [0.4, 0.5) is 4.39 Å². The molecule has 0 aliphatic carbocycles. The van der Waals surface area contributed by atoms with E-state index < -0.39 is 0 Å². The number of aromatic nitrogens is 1. The summed E-state index contributed by atoms with van der Waals surface area (Å²) in [5, 5.41) is 7.65. The summed E-state index contributed by atoms with van der Waals surface area (Å²) in [7, 11) is 1.78. The molecule has 0 aliphatic heterocycles. The Kier molecular flexibility index (Phi) is 7.25. The van der Waals surface area contributed by atoms with Crippen LogP contribution in [0.3, 0.4) is 0 Å². The molecule has 0 saturated heterocycles. The van der Waals surface area contributed by atoms with Gasteiger partial charge in [0.15, 0.2) is 5.96 Å². The van der Waals surface area contributed by atoms with Gasteiger partial charge >= 0.3 is 0 Å². The van der Waals surface area contributed by atoms with Crippen LogP contribution in [-0.4, -0.2) is 55.1 Å². The minimum Gasteiger partial charge on any atom is -0.361 e. The second kappa shape index (κ2) is 9.42. The summed E-state index contributed by atoms with van der Waals surface area (Å²) < 4.78 is 13.4. The third-order valence-electron chi connectivity index (χ3n) is 4.64. The molecule has 2 aromatic rings. The second-order valence-electron chi connectivity index (χ2n) is 6.20. The molecule has 1 atom stereocenters. The summed E-state index contributed by atoms with van der Waals surface area (Å²) in [6.45, 7) is 10.2. The van der Waals surface area contributed by atoms with Gasteiger partial charge in [0, 0.05) is 43.3 Å². The van der Waals surface area contributed by atoms with Crippen molar-refractivity contribution in [2.75, 3.05) is 33.2 Å². The van der Waals surface area contributed by atoms with Crippen LogP contribution in [0.1, 0.15) is 26.3 Å². The Morgan fingerprint density at radius 3 is 2.72 bits per heavy atom. The van der Waals surface area contributed by atoms with E-state index >= 15 is 0 Å². The van der Waals surface area contributed by atoms with Gasteiger partial charge in [-0.05, 0) is 50.2 Å².